The van der Waals surface area contributed by atoms with Crippen LogP contribution in [0.25, 0.3) is 0 Å². The van der Waals surface area contributed by atoms with Crippen molar-refractivity contribution in [3.63, 3.8) is 0 Å². The van der Waals surface area contributed by atoms with Crippen LogP contribution in [0.5, 0.6) is 0 Å². The van der Waals surface area contributed by atoms with E-state index in [0.29, 0.717) is 18.8 Å². The fourth-order valence-corrected chi connectivity index (χ4v) is 4.96. The number of hydrazine groups is 1. The largest absolute Gasteiger partial charge is 0.396 e. The number of fused-ring (bicyclic) bond motifs is 1. The van der Waals surface area contributed by atoms with Crippen molar-refractivity contribution in [2.24, 2.45) is 11.8 Å². The molecule has 4 aliphatic rings. The number of hydrogen-bond acceptors (Lipinski definition) is 7. The number of rotatable bonds is 5. The van der Waals surface area contributed by atoms with Gasteiger partial charge in [-0.05, 0) is 39.0 Å². The number of alkyl halides is 1. The van der Waals surface area contributed by atoms with E-state index in [1.807, 2.05) is 6.07 Å². The number of anilines is 1. The van der Waals surface area contributed by atoms with Crippen molar-refractivity contribution >= 4 is 5.82 Å². The summed E-state index contributed by atoms with van der Waals surface area (Å²) in [5.74, 6) is 1.46. The zero-order valence-corrected chi connectivity index (χ0v) is 16.4. The Morgan fingerprint density at radius 2 is 2.18 bits per heavy atom. The molecule has 28 heavy (non-hydrogen) atoms. The van der Waals surface area contributed by atoms with E-state index in [4.69, 9.17) is 4.74 Å². The summed E-state index contributed by atoms with van der Waals surface area (Å²) in [6.45, 7) is 4.04. The van der Waals surface area contributed by atoms with E-state index in [9.17, 15) is 9.50 Å². The zero-order chi connectivity index (χ0) is 19.3. The van der Waals surface area contributed by atoms with E-state index in [0.717, 1.165) is 43.9 Å². The molecule has 0 aromatic carbocycles. The highest BCUT2D eigenvalue weighted by Crippen LogP contribution is 2.45. The van der Waals surface area contributed by atoms with Gasteiger partial charge in [-0.25, -0.2) is 19.8 Å². The monoisotopic (exact) mass is 391 g/mol. The number of ether oxygens (including phenoxy) is 1. The zero-order valence-electron chi connectivity index (χ0n) is 16.4. The first-order chi connectivity index (χ1) is 13.5. The third-order valence-electron chi connectivity index (χ3n) is 7.01. The SMILES string of the molecule is CC1(OC2CC3C(CC2F)NNC3c2cc(N3CC[C@@H](CO)C3)ncn2)CC1. The molecule has 1 aromatic heterocycles. The van der Waals surface area contributed by atoms with E-state index in [-0.39, 0.29) is 36.3 Å². The summed E-state index contributed by atoms with van der Waals surface area (Å²) in [6.07, 6.45) is 4.58. The molecule has 2 aliphatic heterocycles. The maximum Gasteiger partial charge on any atom is 0.132 e. The minimum Gasteiger partial charge on any atom is -0.396 e. The van der Waals surface area contributed by atoms with Crippen molar-refractivity contribution in [3.05, 3.63) is 18.1 Å². The van der Waals surface area contributed by atoms with Gasteiger partial charge in [-0.15, -0.1) is 0 Å². The number of aliphatic hydroxyl groups excluding tert-OH is 1. The third kappa shape index (κ3) is 3.51. The second-order valence-electron chi connectivity index (χ2n) is 9.21. The van der Waals surface area contributed by atoms with Crippen molar-refractivity contribution in [2.45, 2.75) is 69.0 Å². The van der Waals surface area contributed by atoms with Crippen LogP contribution in [0.4, 0.5) is 10.2 Å². The van der Waals surface area contributed by atoms with Crippen LogP contribution in [-0.4, -0.2) is 58.7 Å². The van der Waals surface area contributed by atoms with Gasteiger partial charge in [0, 0.05) is 43.6 Å². The normalized spacial score (nSPS) is 39.2. The molecule has 2 saturated heterocycles. The molecule has 7 nitrogen and oxygen atoms in total. The Labute approximate surface area is 165 Å². The number of nitrogens with one attached hydrogen (secondary N) is 2. The summed E-state index contributed by atoms with van der Waals surface area (Å²) in [4.78, 5) is 11.2. The Hall–Kier alpha value is -1.35. The average molecular weight is 391 g/mol. The first-order valence-electron chi connectivity index (χ1n) is 10.6. The Morgan fingerprint density at radius 1 is 1.32 bits per heavy atom. The Balaban J connectivity index is 1.31. The van der Waals surface area contributed by atoms with Gasteiger partial charge in [0.15, 0.2) is 0 Å². The Bertz CT molecular complexity index is 718. The van der Waals surface area contributed by atoms with Crippen molar-refractivity contribution in [1.29, 1.82) is 0 Å². The molecule has 6 atom stereocenters. The van der Waals surface area contributed by atoms with Gasteiger partial charge in [-0.1, -0.05) is 0 Å². The van der Waals surface area contributed by atoms with Gasteiger partial charge in [0.2, 0.25) is 0 Å². The predicted molar refractivity (Wildman–Crippen MR) is 102 cm³/mol. The molecule has 4 fully saturated rings. The maximum atomic E-state index is 14.7. The topological polar surface area (TPSA) is 82.5 Å². The molecule has 3 heterocycles. The predicted octanol–water partition coefficient (Wildman–Crippen LogP) is 1.50. The molecule has 0 radical (unpaired) electrons. The minimum absolute atomic E-state index is 0.0219. The molecule has 0 amide bonds. The lowest BCUT2D eigenvalue weighted by molar-refractivity contribution is -0.0886. The molecule has 154 valence electrons. The fourth-order valence-electron chi connectivity index (χ4n) is 4.96. The van der Waals surface area contributed by atoms with Crippen LogP contribution < -0.4 is 15.8 Å². The van der Waals surface area contributed by atoms with Gasteiger partial charge in [0.25, 0.3) is 0 Å². The van der Waals surface area contributed by atoms with E-state index in [1.54, 1.807) is 6.33 Å². The first kappa shape index (κ1) is 18.7. The number of nitrogens with zero attached hydrogens (tertiary/aromatic N) is 3. The summed E-state index contributed by atoms with van der Waals surface area (Å²) in [6, 6.07) is 2.16. The third-order valence-corrected chi connectivity index (χ3v) is 7.01. The first-order valence-corrected chi connectivity index (χ1v) is 10.6. The van der Waals surface area contributed by atoms with Crippen LogP contribution >= 0.6 is 0 Å². The Morgan fingerprint density at radius 3 is 2.93 bits per heavy atom. The van der Waals surface area contributed by atoms with E-state index in [2.05, 4.69) is 32.6 Å². The molecule has 2 aliphatic carbocycles. The lowest BCUT2D eigenvalue weighted by atomic mass is 9.78. The Kier molecular flexibility index (Phi) is 4.77. The van der Waals surface area contributed by atoms with Gasteiger partial charge in [0.1, 0.15) is 18.3 Å². The second-order valence-corrected chi connectivity index (χ2v) is 9.21. The number of aromatic nitrogens is 2. The molecular formula is C20H30FN5O2. The van der Waals surface area contributed by atoms with Crippen molar-refractivity contribution in [1.82, 2.24) is 20.8 Å². The summed E-state index contributed by atoms with van der Waals surface area (Å²) < 4.78 is 20.8. The van der Waals surface area contributed by atoms with Crippen molar-refractivity contribution < 1.29 is 14.2 Å². The smallest absolute Gasteiger partial charge is 0.132 e. The molecule has 0 spiro atoms. The molecule has 8 heteroatoms. The van der Waals surface area contributed by atoms with Crippen molar-refractivity contribution in [3.8, 4) is 0 Å². The highest BCUT2D eigenvalue weighted by molar-refractivity contribution is 5.41. The average Bonchev–Trinajstić information content (AvgIpc) is 3.10. The van der Waals surface area contributed by atoms with Crippen LogP contribution in [-0.2, 0) is 4.74 Å². The molecule has 0 bridgehead atoms. The van der Waals surface area contributed by atoms with Crippen LogP contribution in [0.15, 0.2) is 12.4 Å². The molecule has 5 rings (SSSR count). The summed E-state index contributed by atoms with van der Waals surface area (Å²) in [5.41, 5.74) is 7.46. The second kappa shape index (κ2) is 7.16. The van der Waals surface area contributed by atoms with E-state index < -0.39 is 6.17 Å². The quantitative estimate of drug-likeness (QED) is 0.702. The van der Waals surface area contributed by atoms with E-state index >= 15 is 0 Å². The molecule has 3 N–H and O–H groups in total. The maximum absolute atomic E-state index is 14.7. The number of hydrogen-bond donors (Lipinski definition) is 3. The van der Waals surface area contributed by atoms with Crippen LogP contribution in [0.3, 0.4) is 0 Å². The van der Waals surface area contributed by atoms with Gasteiger partial charge in [-0.3, -0.25) is 5.43 Å². The van der Waals surface area contributed by atoms with Crippen LogP contribution in [0.2, 0.25) is 0 Å². The lowest BCUT2D eigenvalue weighted by Crippen LogP contribution is -2.45. The minimum atomic E-state index is -0.923. The number of aliphatic hydroxyl groups is 1. The lowest BCUT2D eigenvalue weighted by Gasteiger charge is -2.36. The molecular weight excluding hydrogens is 361 g/mol. The van der Waals surface area contributed by atoms with E-state index in [1.165, 1.54) is 0 Å². The molecule has 2 saturated carbocycles. The van der Waals surface area contributed by atoms with Gasteiger partial charge < -0.3 is 14.7 Å². The highest BCUT2D eigenvalue weighted by atomic mass is 19.1. The van der Waals surface area contributed by atoms with Crippen LogP contribution in [0, 0.1) is 11.8 Å². The van der Waals surface area contributed by atoms with Gasteiger partial charge >= 0.3 is 0 Å². The summed E-state index contributed by atoms with van der Waals surface area (Å²) >= 11 is 0. The highest BCUT2D eigenvalue weighted by Gasteiger charge is 2.50. The molecule has 1 aromatic rings. The standard InChI is InChI=1S/C20H30FN5O2/c1-20(3-4-20)28-17-6-13-15(7-14(17)21)24-25-19(13)16-8-18(23-11-22-16)26-5-2-12(9-26)10-27/h8,11-15,17,19,24-25,27H,2-7,9-10H2,1H3/t12-,13?,14?,15?,17?,19?/m1/s1. The van der Waals surface area contributed by atoms with Crippen molar-refractivity contribution in [2.75, 3.05) is 24.6 Å². The molecule has 5 unspecified atom stereocenters. The van der Waals surface area contributed by atoms with Gasteiger partial charge in [0.05, 0.1) is 23.4 Å². The summed E-state index contributed by atoms with van der Waals surface area (Å²) in [5, 5.41) is 9.40. The van der Waals surface area contributed by atoms with Gasteiger partial charge in [-0.2, -0.15) is 0 Å². The number of halogens is 1. The van der Waals surface area contributed by atoms with Crippen LogP contribution in [0.1, 0.15) is 50.8 Å². The fraction of sp³-hybridized carbons (Fsp3) is 0.800. The summed E-state index contributed by atoms with van der Waals surface area (Å²) in [7, 11) is 0.